The summed E-state index contributed by atoms with van der Waals surface area (Å²) >= 11 is 6.08. The summed E-state index contributed by atoms with van der Waals surface area (Å²) in [7, 11) is 0. The van der Waals surface area contributed by atoms with Gasteiger partial charge in [0.15, 0.2) is 0 Å². The number of rotatable bonds is 4. The Bertz CT molecular complexity index is 1110. The van der Waals surface area contributed by atoms with Crippen molar-refractivity contribution in [2.45, 2.75) is 6.92 Å². The van der Waals surface area contributed by atoms with Crippen molar-refractivity contribution in [2.75, 3.05) is 10.2 Å². The van der Waals surface area contributed by atoms with Crippen LogP contribution in [0.15, 0.2) is 84.6 Å². The number of imide groups is 1. The number of hydrogen-bond acceptors (Lipinski definition) is 3. The van der Waals surface area contributed by atoms with Gasteiger partial charge in [-0.1, -0.05) is 60.1 Å². The first-order valence-corrected chi connectivity index (χ1v) is 9.20. The molecule has 3 aromatic rings. The molecule has 2 amide bonds. The number of carbonyl (C=O) groups excluding carboxylic acids is 2. The second-order valence-corrected chi connectivity index (χ2v) is 6.97. The Kier molecular flexibility index (Phi) is 4.72. The van der Waals surface area contributed by atoms with E-state index in [0.29, 0.717) is 21.8 Å². The first-order valence-electron chi connectivity index (χ1n) is 8.82. The predicted molar refractivity (Wildman–Crippen MR) is 112 cm³/mol. The van der Waals surface area contributed by atoms with E-state index in [1.165, 1.54) is 0 Å². The van der Waals surface area contributed by atoms with Gasteiger partial charge in [0.05, 0.1) is 11.3 Å². The van der Waals surface area contributed by atoms with E-state index in [-0.39, 0.29) is 11.6 Å². The lowest BCUT2D eigenvalue weighted by atomic mass is 10.0. The zero-order valence-corrected chi connectivity index (χ0v) is 15.9. The normalized spacial score (nSPS) is 14.0. The first kappa shape index (κ1) is 18.0. The van der Waals surface area contributed by atoms with Crippen molar-refractivity contribution in [2.24, 2.45) is 0 Å². The van der Waals surface area contributed by atoms with E-state index < -0.39 is 5.91 Å². The zero-order chi connectivity index (χ0) is 19.7. The number of hydrogen-bond donors (Lipinski definition) is 1. The highest BCUT2D eigenvalue weighted by Gasteiger charge is 2.40. The molecule has 0 atom stereocenters. The van der Waals surface area contributed by atoms with Gasteiger partial charge < -0.3 is 5.32 Å². The van der Waals surface area contributed by atoms with Crippen molar-refractivity contribution in [1.29, 1.82) is 0 Å². The average molecular weight is 389 g/mol. The zero-order valence-electron chi connectivity index (χ0n) is 15.1. The fraction of sp³-hybridized carbons (Fsp3) is 0.0435. The molecule has 0 aliphatic carbocycles. The molecule has 0 spiro atoms. The molecular formula is C23H17ClN2O2. The van der Waals surface area contributed by atoms with E-state index in [2.05, 4.69) is 5.32 Å². The standard InChI is InChI=1S/C23H17ClN2O2/c1-15-7-5-11-18(13-15)25-21-20(16-8-3-2-4-9-16)22(27)26(23(21)28)19-12-6-10-17(24)14-19/h2-14,25H,1H3. The lowest BCUT2D eigenvalue weighted by Gasteiger charge is -2.15. The summed E-state index contributed by atoms with van der Waals surface area (Å²) in [4.78, 5) is 27.7. The molecule has 5 heteroatoms. The number of nitrogens with zero attached hydrogens (tertiary/aromatic N) is 1. The van der Waals surface area contributed by atoms with Crippen LogP contribution in [0.2, 0.25) is 5.02 Å². The number of carbonyl (C=O) groups is 2. The van der Waals surface area contributed by atoms with Crippen LogP contribution in [-0.2, 0) is 9.59 Å². The van der Waals surface area contributed by atoms with Gasteiger partial charge in [-0.3, -0.25) is 9.59 Å². The summed E-state index contributed by atoms with van der Waals surface area (Å²) in [5.74, 6) is -0.791. The Labute approximate surface area is 168 Å². The van der Waals surface area contributed by atoms with Crippen molar-refractivity contribution < 1.29 is 9.59 Å². The van der Waals surface area contributed by atoms with E-state index in [1.807, 2.05) is 61.5 Å². The Balaban J connectivity index is 1.83. The van der Waals surface area contributed by atoms with E-state index in [1.54, 1.807) is 24.3 Å². The molecule has 4 nitrogen and oxygen atoms in total. The highest BCUT2D eigenvalue weighted by molar-refractivity contribution is 6.46. The molecule has 138 valence electrons. The van der Waals surface area contributed by atoms with Crippen molar-refractivity contribution in [3.63, 3.8) is 0 Å². The van der Waals surface area contributed by atoms with Gasteiger partial charge in [-0.15, -0.1) is 0 Å². The monoisotopic (exact) mass is 388 g/mol. The Hall–Kier alpha value is -3.37. The lowest BCUT2D eigenvalue weighted by Crippen LogP contribution is -2.32. The van der Waals surface area contributed by atoms with Crippen LogP contribution in [-0.4, -0.2) is 11.8 Å². The Morgan fingerprint density at radius 3 is 2.29 bits per heavy atom. The smallest absolute Gasteiger partial charge is 0.282 e. The molecule has 3 aromatic carbocycles. The van der Waals surface area contributed by atoms with Crippen LogP contribution in [0.3, 0.4) is 0 Å². The van der Waals surface area contributed by atoms with Gasteiger partial charge in [-0.25, -0.2) is 4.90 Å². The molecule has 28 heavy (non-hydrogen) atoms. The number of aryl methyl sites for hydroxylation is 1. The van der Waals surface area contributed by atoms with E-state index >= 15 is 0 Å². The second-order valence-electron chi connectivity index (χ2n) is 6.54. The molecule has 0 fully saturated rings. The number of benzene rings is 3. The summed E-state index contributed by atoms with van der Waals surface area (Å²) in [5.41, 5.74) is 3.51. The molecule has 0 bridgehead atoms. The maximum atomic E-state index is 13.3. The Morgan fingerprint density at radius 2 is 1.57 bits per heavy atom. The topological polar surface area (TPSA) is 49.4 Å². The first-order chi connectivity index (χ1) is 13.5. The number of halogens is 1. The molecule has 1 N–H and O–H groups in total. The van der Waals surface area contributed by atoms with Gasteiger partial charge in [-0.05, 0) is 48.4 Å². The van der Waals surface area contributed by atoms with Crippen molar-refractivity contribution in [3.05, 3.63) is 101 Å². The van der Waals surface area contributed by atoms with Crippen LogP contribution in [0, 0.1) is 6.92 Å². The predicted octanol–water partition coefficient (Wildman–Crippen LogP) is 5.05. The fourth-order valence-electron chi connectivity index (χ4n) is 3.24. The van der Waals surface area contributed by atoms with Gasteiger partial charge in [0.2, 0.25) is 0 Å². The number of amides is 2. The largest absolute Gasteiger partial charge is 0.350 e. The molecule has 4 rings (SSSR count). The van der Waals surface area contributed by atoms with E-state index in [4.69, 9.17) is 11.6 Å². The molecule has 1 aliphatic heterocycles. The van der Waals surface area contributed by atoms with Gasteiger partial charge in [0.1, 0.15) is 5.70 Å². The summed E-state index contributed by atoms with van der Waals surface area (Å²) < 4.78 is 0. The number of nitrogens with one attached hydrogen (secondary N) is 1. The van der Waals surface area contributed by atoms with E-state index in [9.17, 15) is 9.59 Å². The van der Waals surface area contributed by atoms with Crippen LogP contribution < -0.4 is 10.2 Å². The minimum atomic E-state index is -0.410. The van der Waals surface area contributed by atoms with Gasteiger partial charge in [-0.2, -0.15) is 0 Å². The van der Waals surface area contributed by atoms with Crippen molar-refractivity contribution in [3.8, 4) is 0 Å². The summed E-state index contributed by atoms with van der Waals surface area (Å²) in [6.45, 7) is 1.97. The summed E-state index contributed by atoms with van der Waals surface area (Å²) in [6, 6.07) is 23.6. The van der Waals surface area contributed by atoms with Crippen molar-refractivity contribution >= 4 is 40.4 Å². The van der Waals surface area contributed by atoms with Crippen LogP contribution in [0.5, 0.6) is 0 Å². The van der Waals surface area contributed by atoms with E-state index in [0.717, 1.165) is 16.2 Å². The summed E-state index contributed by atoms with van der Waals surface area (Å²) in [6.07, 6.45) is 0. The van der Waals surface area contributed by atoms with Crippen LogP contribution in [0.1, 0.15) is 11.1 Å². The SMILES string of the molecule is Cc1cccc(NC2=C(c3ccccc3)C(=O)N(c3cccc(Cl)c3)C2=O)c1. The third-order valence-corrected chi connectivity index (χ3v) is 4.74. The molecule has 0 aromatic heterocycles. The van der Waals surface area contributed by atoms with Crippen LogP contribution >= 0.6 is 11.6 Å². The van der Waals surface area contributed by atoms with Gasteiger partial charge in [0.25, 0.3) is 11.8 Å². The molecule has 0 saturated heterocycles. The average Bonchev–Trinajstić information content (AvgIpc) is 2.92. The quantitative estimate of drug-likeness (QED) is 0.636. The molecule has 1 heterocycles. The molecular weight excluding hydrogens is 372 g/mol. The molecule has 0 radical (unpaired) electrons. The second kappa shape index (κ2) is 7.33. The number of anilines is 2. The Morgan fingerprint density at radius 1 is 0.821 bits per heavy atom. The maximum absolute atomic E-state index is 13.3. The minimum Gasteiger partial charge on any atom is -0.350 e. The minimum absolute atomic E-state index is 0.252. The maximum Gasteiger partial charge on any atom is 0.282 e. The third-order valence-electron chi connectivity index (χ3n) is 4.50. The third kappa shape index (κ3) is 3.30. The molecule has 0 saturated carbocycles. The van der Waals surface area contributed by atoms with Crippen LogP contribution in [0.25, 0.3) is 5.57 Å². The van der Waals surface area contributed by atoms with Gasteiger partial charge >= 0.3 is 0 Å². The fourth-order valence-corrected chi connectivity index (χ4v) is 3.42. The van der Waals surface area contributed by atoms with Crippen molar-refractivity contribution in [1.82, 2.24) is 0 Å². The lowest BCUT2D eigenvalue weighted by molar-refractivity contribution is -0.120. The molecule has 1 aliphatic rings. The summed E-state index contributed by atoms with van der Waals surface area (Å²) in [5, 5.41) is 3.62. The highest BCUT2D eigenvalue weighted by Crippen LogP contribution is 2.34. The van der Waals surface area contributed by atoms with Crippen LogP contribution in [0.4, 0.5) is 11.4 Å². The highest BCUT2D eigenvalue weighted by atomic mass is 35.5. The molecule has 0 unspecified atom stereocenters. The van der Waals surface area contributed by atoms with Gasteiger partial charge in [0, 0.05) is 10.7 Å².